The smallest absolute Gasteiger partial charge is 0.169 e. The number of halogens is 1. The molecule has 33 heavy (non-hydrogen) atoms. The molecule has 1 atom stereocenters. The maximum atomic E-state index is 10.3. The molecule has 2 aromatic rings. The van der Waals surface area contributed by atoms with Gasteiger partial charge in [0, 0.05) is 17.7 Å². The highest BCUT2D eigenvalue weighted by Crippen LogP contribution is 2.34. The van der Waals surface area contributed by atoms with Crippen LogP contribution in [-0.4, -0.2) is 11.3 Å². The van der Waals surface area contributed by atoms with Gasteiger partial charge in [0.1, 0.15) is 11.5 Å². The van der Waals surface area contributed by atoms with E-state index in [1.165, 1.54) is 51.4 Å². The number of hydrogen-bond donors (Lipinski definition) is 2. The summed E-state index contributed by atoms with van der Waals surface area (Å²) in [6.45, 7) is 8.48. The third kappa shape index (κ3) is 9.75. The van der Waals surface area contributed by atoms with E-state index in [4.69, 9.17) is 22.1 Å². The molecule has 0 bridgehead atoms. The van der Waals surface area contributed by atoms with Crippen molar-refractivity contribution >= 4 is 23.0 Å². The van der Waals surface area contributed by atoms with Crippen molar-refractivity contribution in [2.75, 3.05) is 5.32 Å². The predicted molar refractivity (Wildman–Crippen MR) is 141 cm³/mol. The quantitative estimate of drug-likeness (QED) is 0.212. The van der Waals surface area contributed by atoms with Gasteiger partial charge < -0.3 is 15.2 Å². The highest BCUT2D eigenvalue weighted by Gasteiger charge is 2.20. The second-order valence-electron chi connectivity index (χ2n) is 9.99. The molecule has 183 valence electrons. The standard InChI is InChI=1S/C28H42ClN2O2/c1-5-6-7-8-9-10-11-12-13-14-27(31-21-15-17-24(29)25(30)19-21)33-22-16-18-26(32)23(20-22)28(2,3)4/h15-20,27,30-32H,5-14H2,1-4H3. The number of unbranched alkanes of at least 4 members (excludes halogenated alkanes) is 8. The van der Waals surface area contributed by atoms with Gasteiger partial charge in [-0.3, -0.25) is 5.73 Å². The second-order valence-corrected chi connectivity index (χ2v) is 10.4. The summed E-state index contributed by atoms with van der Waals surface area (Å²) in [5.74, 6) is 1.01. The van der Waals surface area contributed by atoms with Crippen LogP contribution in [0.25, 0.3) is 0 Å². The van der Waals surface area contributed by atoms with Crippen molar-refractivity contribution in [3.8, 4) is 11.5 Å². The molecule has 3 N–H and O–H groups in total. The Bertz CT molecular complexity index is 848. The van der Waals surface area contributed by atoms with E-state index in [9.17, 15) is 5.11 Å². The van der Waals surface area contributed by atoms with Crippen LogP contribution < -0.4 is 15.8 Å². The molecule has 0 spiro atoms. The van der Waals surface area contributed by atoms with Crippen molar-refractivity contribution in [1.29, 1.82) is 0 Å². The van der Waals surface area contributed by atoms with Gasteiger partial charge in [-0.15, -0.1) is 0 Å². The summed E-state index contributed by atoms with van der Waals surface area (Å²) in [4.78, 5) is 0. The van der Waals surface area contributed by atoms with Gasteiger partial charge in [0.2, 0.25) is 0 Å². The minimum Gasteiger partial charge on any atom is -0.508 e. The van der Waals surface area contributed by atoms with E-state index in [1.807, 2.05) is 18.2 Å². The fourth-order valence-corrected chi connectivity index (χ4v) is 4.07. The topological polar surface area (TPSA) is 65.3 Å². The van der Waals surface area contributed by atoms with Crippen LogP contribution in [0.5, 0.6) is 11.5 Å². The van der Waals surface area contributed by atoms with Crippen LogP contribution >= 0.6 is 11.6 Å². The monoisotopic (exact) mass is 473 g/mol. The maximum Gasteiger partial charge on any atom is 0.169 e. The molecule has 1 unspecified atom stereocenters. The first-order valence-electron chi connectivity index (χ1n) is 12.5. The zero-order chi connectivity index (χ0) is 24.3. The molecular formula is C28H42ClN2O2. The fraction of sp³-hybridized carbons (Fsp3) is 0.571. The second kappa shape index (κ2) is 13.6. The summed E-state index contributed by atoms with van der Waals surface area (Å²) in [6, 6.07) is 10.8. The summed E-state index contributed by atoms with van der Waals surface area (Å²) >= 11 is 6.02. The zero-order valence-corrected chi connectivity index (χ0v) is 21.6. The first kappa shape index (κ1) is 27.2. The zero-order valence-electron chi connectivity index (χ0n) is 20.8. The van der Waals surface area contributed by atoms with Crippen LogP contribution in [0.4, 0.5) is 11.4 Å². The lowest BCUT2D eigenvalue weighted by atomic mass is 9.86. The molecule has 1 radical (unpaired) electrons. The molecule has 0 heterocycles. The van der Waals surface area contributed by atoms with Crippen LogP contribution in [0.15, 0.2) is 36.4 Å². The Morgan fingerprint density at radius 3 is 2.18 bits per heavy atom. The highest BCUT2D eigenvalue weighted by molar-refractivity contribution is 6.32. The van der Waals surface area contributed by atoms with E-state index in [0.29, 0.717) is 10.7 Å². The molecule has 0 fully saturated rings. The average Bonchev–Trinajstić information content (AvgIpc) is 2.75. The van der Waals surface area contributed by atoms with E-state index in [1.54, 1.807) is 18.2 Å². The van der Waals surface area contributed by atoms with Gasteiger partial charge >= 0.3 is 0 Å². The summed E-state index contributed by atoms with van der Waals surface area (Å²) in [5, 5.41) is 14.1. The molecule has 0 aliphatic rings. The van der Waals surface area contributed by atoms with Crippen molar-refractivity contribution in [1.82, 2.24) is 5.73 Å². The van der Waals surface area contributed by atoms with Crippen LogP contribution in [0, 0.1) is 0 Å². The molecular weight excluding hydrogens is 432 g/mol. The van der Waals surface area contributed by atoms with Crippen molar-refractivity contribution in [3.63, 3.8) is 0 Å². The normalized spacial score (nSPS) is 12.5. The Morgan fingerprint density at radius 1 is 0.939 bits per heavy atom. The van der Waals surface area contributed by atoms with E-state index < -0.39 is 0 Å². The predicted octanol–water partition coefficient (Wildman–Crippen LogP) is 9.00. The molecule has 0 aliphatic heterocycles. The van der Waals surface area contributed by atoms with E-state index in [-0.39, 0.29) is 17.4 Å². The molecule has 2 aromatic carbocycles. The number of phenols is 1. The maximum absolute atomic E-state index is 10.3. The van der Waals surface area contributed by atoms with Crippen LogP contribution in [0.2, 0.25) is 5.02 Å². The molecule has 0 aliphatic carbocycles. The Kier molecular flexibility index (Phi) is 11.2. The van der Waals surface area contributed by atoms with Gasteiger partial charge in [-0.05, 0) is 48.2 Å². The molecule has 0 amide bonds. The Morgan fingerprint density at radius 2 is 1.58 bits per heavy atom. The summed E-state index contributed by atoms with van der Waals surface area (Å²) in [6.07, 6.45) is 12.1. The van der Waals surface area contributed by atoms with Gasteiger partial charge in [-0.25, -0.2) is 0 Å². The number of hydrogen-bond acceptors (Lipinski definition) is 3. The first-order valence-corrected chi connectivity index (χ1v) is 12.9. The number of anilines is 1. The molecule has 2 rings (SSSR count). The highest BCUT2D eigenvalue weighted by atomic mass is 35.5. The average molecular weight is 474 g/mol. The Labute approximate surface area is 205 Å². The van der Waals surface area contributed by atoms with Gasteiger partial charge in [0.15, 0.2) is 6.23 Å². The van der Waals surface area contributed by atoms with Gasteiger partial charge in [0.05, 0.1) is 10.7 Å². The third-order valence-corrected chi connectivity index (χ3v) is 6.25. The van der Waals surface area contributed by atoms with E-state index >= 15 is 0 Å². The minimum atomic E-state index is -0.229. The number of ether oxygens (including phenoxy) is 1. The SMILES string of the molecule is CCCCCCCCCCCC(Nc1ccc(Cl)c([NH])c1)Oc1ccc(O)c(C(C)(C)C)c1. The van der Waals surface area contributed by atoms with Crippen molar-refractivity contribution < 1.29 is 9.84 Å². The molecule has 0 aromatic heterocycles. The molecule has 0 saturated carbocycles. The van der Waals surface area contributed by atoms with Gasteiger partial charge in [-0.1, -0.05) is 90.7 Å². The van der Waals surface area contributed by atoms with Crippen molar-refractivity contribution in [2.45, 2.75) is 104 Å². The Hall–Kier alpha value is -2.07. The molecule has 0 saturated heterocycles. The lowest BCUT2D eigenvalue weighted by molar-refractivity contribution is 0.213. The number of phenolic OH excluding ortho intramolecular Hbond substituents is 1. The van der Waals surface area contributed by atoms with Gasteiger partial charge in [-0.2, -0.15) is 0 Å². The van der Waals surface area contributed by atoms with Crippen LogP contribution in [-0.2, 0) is 5.41 Å². The Balaban J connectivity index is 1.98. The largest absolute Gasteiger partial charge is 0.508 e. The number of aromatic hydroxyl groups is 1. The van der Waals surface area contributed by atoms with Crippen molar-refractivity contribution in [3.05, 3.63) is 47.0 Å². The molecule has 5 heteroatoms. The van der Waals surface area contributed by atoms with Gasteiger partial charge in [0.25, 0.3) is 0 Å². The van der Waals surface area contributed by atoms with E-state index in [0.717, 1.165) is 29.8 Å². The summed E-state index contributed by atoms with van der Waals surface area (Å²) in [5.41, 5.74) is 9.78. The lowest BCUT2D eigenvalue weighted by Gasteiger charge is -2.25. The number of nitrogens with one attached hydrogen (secondary N) is 2. The van der Waals surface area contributed by atoms with Crippen molar-refractivity contribution in [2.24, 2.45) is 0 Å². The number of benzene rings is 2. The summed E-state index contributed by atoms with van der Waals surface area (Å²) < 4.78 is 6.33. The lowest BCUT2D eigenvalue weighted by Crippen LogP contribution is -2.26. The number of rotatable bonds is 14. The van der Waals surface area contributed by atoms with E-state index in [2.05, 4.69) is 33.0 Å². The molecule has 4 nitrogen and oxygen atoms in total. The first-order chi connectivity index (χ1) is 15.7. The third-order valence-electron chi connectivity index (χ3n) is 5.92. The van der Waals surface area contributed by atoms with Crippen LogP contribution in [0.3, 0.4) is 0 Å². The summed E-state index contributed by atoms with van der Waals surface area (Å²) in [7, 11) is 0. The fourth-order valence-electron chi connectivity index (χ4n) is 3.96. The van der Waals surface area contributed by atoms with Crippen LogP contribution in [0.1, 0.15) is 97.5 Å². The minimum absolute atomic E-state index is 0.181.